The second kappa shape index (κ2) is 8.72. The van der Waals surface area contributed by atoms with Crippen molar-refractivity contribution < 1.29 is 22.4 Å². The third kappa shape index (κ3) is 5.08. The molecule has 0 radical (unpaired) electrons. The minimum atomic E-state index is -4.79. The topological polar surface area (TPSA) is 80.0 Å². The molecular weight excluding hydrogens is 420 g/mol. The van der Waals surface area contributed by atoms with Gasteiger partial charge in [0.2, 0.25) is 0 Å². The number of carbonyl (C=O) groups is 1. The van der Waals surface area contributed by atoms with E-state index in [9.17, 15) is 22.4 Å². The maximum Gasteiger partial charge on any atom is 0.416 e. The Balaban J connectivity index is 1.95. The minimum Gasteiger partial charge on any atom is -0.338 e. The van der Waals surface area contributed by atoms with Crippen molar-refractivity contribution in [3.05, 3.63) is 77.2 Å². The van der Waals surface area contributed by atoms with E-state index in [4.69, 9.17) is 5.14 Å². The van der Waals surface area contributed by atoms with Crippen LogP contribution >= 0.6 is 11.9 Å². The predicted molar refractivity (Wildman–Crippen MR) is 108 cm³/mol. The van der Waals surface area contributed by atoms with E-state index in [0.29, 0.717) is 17.0 Å². The Morgan fingerprint density at radius 2 is 1.83 bits per heavy atom. The molecule has 0 fully saturated rings. The van der Waals surface area contributed by atoms with Crippen LogP contribution in [0.3, 0.4) is 0 Å². The second-order valence-corrected chi connectivity index (χ2v) is 7.01. The van der Waals surface area contributed by atoms with E-state index in [2.05, 4.69) is 15.6 Å². The number of carbonyl (C=O) groups excluding carboxylic acids is 1. The van der Waals surface area contributed by atoms with Crippen LogP contribution in [0.2, 0.25) is 0 Å². The lowest BCUT2D eigenvalue weighted by atomic mass is 10.1. The fourth-order valence-electron chi connectivity index (χ4n) is 2.62. The zero-order valence-electron chi connectivity index (χ0n) is 15.5. The Morgan fingerprint density at radius 3 is 2.50 bits per heavy atom. The van der Waals surface area contributed by atoms with Gasteiger partial charge in [-0.25, -0.2) is 9.37 Å². The van der Waals surface area contributed by atoms with Crippen molar-refractivity contribution in [1.29, 1.82) is 0 Å². The minimum absolute atomic E-state index is 0.177. The number of rotatable bonds is 5. The predicted octanol–water partition coefficient (Wildman–Crippen LogP) is 5.51. The van der Waals surface area contributed by atoms with Gasteiger partial charge in [0.1, 0.15) is 5.82 Å². The zero-order chi connectivity index (χ0) is 21.9. The lowest BCUT2D eigenvalue weighted by Crippen LogP contribution is -2.16. The summed E-state index contributed by atoms with van der Waals surface area (Å²) < 4.78 is 52.5. The van der Waals surface area contributed by atoms with Crippen molar-refractivity contribution in [3.63, 3.8) is 0 Å². The molecular formula is C20H16F4N4OS. The molecule has 156 valence electrons. The summed E-state index contributed by atoms with van der Waals surface area (Å²) in [6.45, 7) is 1.87. The lowest BCUT2D eigenvalue weighted by Gasteiger charge is -2.15. The normalized spacial score (nSPS) is 11.3. The second-order valence-electron chi connectivity index (χ2n) is 6.31. The van der Waals surface area contributed by atoms with Crippen molar-refractivity contribution in [2.75, 3.05) is 10.6 Å². The van der Waals surface area contributed by atoms with Crippen LogP contribution in [-0.4, -0.2) is 10.9 Å². The molecule has 5 nitrogen and oxygen atoms in total. The number of amides is 1. The molecule has 0 saturated heterocycles. The molecule has 0 aliphatic heterocycles. The highest BCUT2D eigenvalue weighted by Gasteiger charge is 2.32. The van der Waals surface area contributed by atoms with Crippen LogP contribution in [0.15, 0.2) is 59.6 Å². The molecule has 0 spiro atoms. The smallest absolute Gasteiger partial charge is 0.338 e. The molecule has 0 aliphatic carbocycles. The van der Waals surface area contributed by atoms with Crippen LogP contribution in [0.4, 0.5) is 34.8 Å². The summed E-state index contributed by atoms with van der Waals surface area (Å²) >= 11 is 0.882. The molecule has 0 atom stereocenters. The molecule has 3 rings (SSSR count). The van der Waals surface area contributed by atoms with E-state index in [-0.39, 0.29) is 11.5 Å². The van der Waals surface area contributed by atoms with Crippen LogP contribution in [0.5, 0.6) is 0 Å². The SMILES string of the molecule is Cc1ccccc1Nc1ncc(SN)cc1NC(=O)c1cc(F)cc(C(F)(F)F)c1. The standard InChI is InChI=1S/C20H16F4N4OS/c1-11-4-2-3-5-16(11)27-18-17(9-15(30-25)10-26-18)28-19(29)12-6-13(20(22,23)24)8-14(21)7-12/h2-10H,25H2,1H3,(H,26,27)(H,28,29). The number of benzene rings is 2. The Morgan fingerprint density at radius 1 is 1.10 bits per heavy atom. The van der Waals surface area contributed by atoms with Gasteiger partial charge in [-0.1, -0.05) is 18.2 Å². The van der Waals surface area contributed by atoms with Crippen LogP contribution in [0.1, 0.15) is 21.5 Å². The van der Waals surface area contributed by atoms with Gasteiger partial charge in [0.15, 0.2) is 5.82 Å². The first-order valence-corrected chi connectivity index (χ1v) is 9.44. The molecule has 30 heavy (non-hydrogen) atoms. The highest BCUT2D eigenvalue weighted by Crippen LogP contribution is 2.32. The summed E-state index contributed by atoms with van der Waals surface area (Å²) in [7, 11) is 0. The first kappa shape index (κ1) is 21.6. The summed E-state index contributed by atoms with van der Waals surface area (Å²) in [5, 5.41) is 11.1. The molecule has 0 aliphatic rings. The number of aryl methyl sites for hydroxylation is 1. The summed E-state index contributed by atoms with van der Waals surface area (Å²) in [6.07, 6.45) is -3.31. The molecule has 3 aromatic rings. The van der Waals surface area contributed by atoms with Gasteiger partial charge in [-0.3, -0.25) is 9.93 Å². The fraction of sp³-hybridized carbons (Fsp3) is 0.100. The highest BCUT2D eigenvalue weighted by molar-refractivity contribution is 7.97. The van der Waals surface area contributed by atoms with E-state index in [1.165, 1.54) is 12.3 Å². The number of anilines is 3. The van der Waals surface area contributed by atoms with Crippen LogP contribution in [0.25, 0.3) is 0 Å². The molecule has 1 amide bonds. The van der Waals surface area contributed by atoms with E-state index in [1.54, 1.807) is 6.07 Å². The van der Waals surface area contributed by atoms with Gasteiger partial charge < -0.3 is 10.6 Å². The number of alkyl halides is 3. The number of hydrogen-bond donors (Lipinski definition) is 3. The molecule has 0 saturated carbocycles. The average molecular weight is 436 g/mol. The van der Waals surface area contributed by atoms with Crippen LogP contribution < -0.4 is 15.8 Å². The number of hydrogen-bond acceptors (Lipinski definition) is 5. The summed E-state index contributed by atoms with van der Waals surface area (Å²) in [5.41, 5.74) is 0.0781. The van der Waals surface area contributed by atoms with Crippen LogP contribution in [-0.2, 0) is 6.18 Å². The monoisotopic (exact) mass is 436 g/mol. The molecule has 0 bridgehead atoms. The number of aromatic nitrogens is 1. The first-order chi connectivity index (χ1) is 14.2. The summed E-state index contributed by atoms with van der Waals surface area (Å²) in [5.74, 6) is -1.84. The van der Waals surface area contributed by atoms with E-state index < -0.39 is 29.0 Å². The zero-order valence-corrected chi connectivity index (χ0v) is 16.4. The van der Waals surface area contributed by atoms with Gasteiger partial charge in [0.25, 0.3) is 5.91 Å². The Kier molecular flexibility index (Phi) is 6.28. The van der Waals surface area contributed by atoms with E-state index >= 15 is 0 Å². The highest BCUT2D eigenvalue weighted by atomic mass is 32.2. The number of halogens is 4. The fourth-order valence-corrected chi connectivity index (χ4v) is 2.92. The molecule has 0 unspecified atom stereocenters. The van der Waals surface area contributed by atoms with Crippen molar-refractivity contribution in [3.8, 4) is 0 Å². The summed E-state index contributed by atoms with van der Waals surface area (Å²) in [6, 6.07) is 10.5. The molecule has 2 aromatic carbocycles. The summed E-state index contributed by atoms with van der Waals surface area (Å²) in [4.78, 5) is 17.3. The van der Waals surface area contributed by atoms with E-state index in [0.717, 1.165) is 29.3 Å². The third-order valence-electron chi connectivity index (χ3n) is 4.13. The number of pyridine rings is 1. The van der Waals surface area contributed by atoms with Gasteiger partial charge in [0.05, 0.1) is 11.3 Å². The number of nitrogens with zero attached hydrogens (tertiary/aromatic N) is 1. The van der Waals surface area contributed by atoms with Gasteiger partial charge in [-0.15, -0.1) is 0 Å². The Bertz CT molecular complexity index is 1090. The quantitative estimate of drug-likeness (QED) is 0.363. The van der Waals surface area contributed by atoms with Gasteiger partial charge in [-0.2, -0.15) is 13.2 Å². The average Bonchev–Trinajstić information content (AvgIpc) is 2.69. The van der Waals surface area contributed by atoms with Crippen molar-refractivity contribution >= 4 is 35.0 Å². The maximum absolute atomic E-state index is 13.7. The molecule has 10 heteroatoms. The number of nitrogens with one attached hydrogen (secondary N) is 2. The van der Waals surface area contributed by atoms with Gasteiger partial charge in [0, 0.05) is 22.3 Å². The lowest BCUT2D eigenvalue weighted by molar-refractivity contribution is -0.137. The molecule has 1 heterocycles. The third-order valence-corrected chi connectivity index (χ3v) is 4.63. The Hall–Kier alpha value is -3.11. The Labute approximate surface area is 173 Å². The first-order valence-electron chi connectivity index (χ1n) is 8.56. The molecule has 4 N–H and O–H groups in total. The maximum atomic E-state index is 13.7. The van der Waals surface area contributed by atoms with Crippen molar-refractivity contribution in [2.45, 2.75) is 18.0 Å². The van der Waals surface area contributed by atoms with Crippen molar-refractivity contribution in [1.82, 2.24) is 4.98 Å². The molecule has 1 aromatic heterocycles. The largest absolute Gasteiger partial charge is 0.416 e. The number of nitrogens with two attached hydrogens (primary N) is 1. The van der Waals surface area contributed by atoms with Gasteiger partial charge >= 0.3 is 6.18 Å². The number of para-hydroxylation sites is 1. The van der Waals surface area contributed by atoms with Crippen molar-refractivity contribution in [2.24, 2.45) is 5.14 Å². The van der Waals surface area contributed by atoms with Crippen LogP contribution in [0, 0.1) is 12.7 Å². The van der Waals surface area contributed by atoms with Gasteiger partial charge in [-0.05, 0) is 54.8 Å². The van der Waals surface area contributed by atoms with E-state index in [1.807, 2.05) is 25.1 Å².